The summed E-state index contributed by atoms with van der Waals surface area (Å²) in [6.45, 7) is 2.07. The van der Waals surface area contributed by atoms with Crippen LogP contribution in [0.15, 0.2) is 28.7 Å². The second-order valence-electron chi connectivity index (χ2n) is 4.83. The molecule has 0 radical (unpaired) electrons. The number of esters is 1. The molecule has 0 amide bonds. The lowest BCUT2D eigenvalue weighted by Gasteiger charge is -2.22. The van der Waals surface area contributed by atoms with E-state index in [1.165, 1.54) is 12.7 Å². The van der Waals surface area contributed by atoms with Gasteiger partial charge in [-0.25, -0.2) is 0 Å². The van der Waals surface area contributed by atoms with E-state index >= 15 is 0 Å². The molecule has 0 atom stereocenters. The molecule has 2 rings (SSSR count). The first-order valence-electron chi connectivity index (χ1n) is 6.51. The van der Waals surface area contributed by atoms with Gasteiger partial charge in [0.1, 0.15) is 0 Å². The predicted octanol–water partition coefficient (Wildman–Crippen LogP) is 3.47. The highest BCUT2D eigenvalue weighted by Crippen LogP contribution is 2.24. The smallest absolute Gasteiger partial charge is 0.308 e. The van der Waals surface area contributed by atoms with Crippen LogP contribution in [0.3, 0.4) is 0 Å². The Kier molecular flexibility index (Phi) is 7.10. The minimum absolute atomic E-state index is 0.0309. The van der Waals surface area contributed by atoms with Crippen LogP contribution in [0.4, 0.5) is 0 Å². The van der Waals surface area contributed by atoms with Gasteiger partial charge in [0.2, 0.25) is 0 Å². The molecular formula is C15H21BrO3. The molecular weight excluding hydrogens is 308 g/mol. The Morgan fingerprint density at radius 1 is 1.32 bits per heavy atom. The van der Waals surface area contributed by atoms with Gasteiger partial charge in [0.15, 0.2) is 0 Å². The molecule has 0 spiro atoms. The van der Waals surface area contributed by atoms with Gasteiger partial charge in [0.25, 0.3) is 0 Å². The fraction of sp³-hybridized carbons (Fsp3) is 0.533. The zero-order valence-corrected chi connectivity index (χ0v) is 13.0. The lowest BCUT2D eigenvalue weighted by Crippen LogP contribution is -2.24. The summed E-state index contributed by atoms with van der Waals surface area (Å²) in [4.78, 5) is 11.0. The van der Waals surface area contributed by atoms with Gasteiger partial charge in [-0.1, -0.05) is 33.6 Å². The van der Waals surface area contributed by atoms with Crippen LogP contribution in [0.5, 0.6) is 0 Å². The first-order chi connectivity index (χ1) is 9.02. The molecule has 3 nitrogen and oxygen atoms in total. The van der Waals surface area contributed by atoms with Crippen LogP contribution in [0.2, 0.25) is 0 Å². The number of carbonyl (C=O) groups is 1. The zero-order valence-electron chi connectivity index (χ0n) is 11.4. The van der Waals surface area contributed by atoms with Crippen molar-refractivity contribution in [3.8, 4) is 0 Å². The van der Waals surface area contributed by atoms with Gasteiger partial charge < -0.3 is 9.84 Å². The van der Waals surface area contributed by atoms with Gasteiger partial charge in [0.05, 0.1) is 19.1 Å². The Hall–Kier alpha value is -0.870. The number of rotatable bonds is 1. The number of aliphatic hydroxyl groups excluding tert-OH is 1. The standard InChI is InChI=1S/C8H14O3.C7H7Br/c1-11-8(10)6-2-4-7(9)5-3-6;1-6-3-2-4-7(8)5-6/h6-7,9H,2-5H2,1H3;2-5H,1H3. The van der Waals surface area contributed by atoms with Crippen molar-refractivity contribution < 1.29 is 14.6 Å². The number of hydrogen-bond donors (Lipinski definition) is 1. The minimum atomic E-state index is -0.198. The van der Waals surface area contributed by atoms with Crippen molar-refractivity contribution in [2.45, 2.75) is 38.7 Å². The molecule has 1 saturated carbocycles. The van der Waals surface area contributed by atoms with Gasteiger partial charge in [0, 0.05) is 4.47 Å². The lowest BCUT2D eigenvalue weighted by molar-refractivity contribution is -0.147. The molecule has 1 aliphatic carbocycles. The van der Waals surface area contributed by atoms with E-state index in [1.54, 1.807) is 0 Å². The average molecular weight is 329 g/mol. The fourth-order valence-electron chi connectivity index (χ4n) is 2.08. The Morgan fingerprint density at radius 3 is 2.37 bits per heavy atom. The van der Waals surface area contributed by atoms with Gasteiger partial charge >= 0.3 is 5.97 Å². The highest BCUT2D eigenvalue weighted by Gasteiger charge is 2.25. The summed E-state index contributed by atoms with van der Waals surface area (Å²) >= 11 is 3.36. The van der Waals surface area contributed by atoms with Crippen LogP contribution < -0.4 is 0 Å². The number of halogens is 1. The van der Waals surface area contributed by atoms with Crippen LogP contribution in [0.1, 0.15) is 31.2 Å². The number of aliphatic hydroxyl groups is 1. The molecule has 1 aromatic carbocycles. The Bertz CT molecular complexity index is 381. The topological polar surface area (TPSA) is 46.5 Å². The lowest BCUT2D eigenvalue weighted by atomic mass is 9.88. The van der Waals surface area contributed by atoms with Gasteiger partial charge in [-0.3, -0.25) is 4.79 Å². The van der Waals surface area contributed by atoms with Crippen LogP contribution in [0.25, 0.3) is 0 Å². The van der Waals surface area contributed by atoms with Crippen LogP contribution in [-0.4, -0.2) is 24.3 Å². The molecule has 0 unspecified atom stereocenters. The maximum absolute atomic E-state index is 11.0. The van der Waals surface area contributed by atoms with Crippen LogP contribution in [-0.2, 0) is 9.53 Å². The highest BCUT2D eigenvalue weighted by atomic mass is 79.9. The Morgan fingerprint density at radius 2 is 1.95 bits per heavy atom. The predicted molar refractivity (Wildman–Crippen MR) is 78.9 cm³/mol. The number of hydrogen-bond acceptors (Lipinski definition) is 3. The van der Waals surface area contributed by atoms with Gasteiger partial charge in [-0.05, 0) is 44.7 Å². The normalized spacial score (nSPS) is 22.1. The second kappa shape index (κ2) is 8.33. The van der Waals surface area contributed by atoms with Crippen molar-refractivity contribution in [2.75, 3.05) is 7.11 Å². The molecule has 0 saturated heterocycles. The number of carbonyl (C=O) groups excluding carboxylic acids is 1. The van der Waals surface area contributed by atoms with E-state index < -0.39 is 0 Å². The first kappa shape index (κ1) is 16.2. The Labute approximate surface area is 123 Å². The molecule has 4 heteroatoms. The van der Waals surface area contributed by atoms with E-state index in [1.807, 2.05) is 12.1 Å². The number of benzene rings is 1. The molecule has 0 heterocycles. The summed E-state index contributed by atoms with van der Waals surface area (Å²) in [5, 5.41) is 9.13. The van der Waals surface area contributed by atoms with Crippen molar-refractivity contribution in [2.24, 2.45) is 5.92 Å². The van der Waals surface area contributed by atoms with Crippen LogP contribution in [0, 0.1) is 12.8 Å². The summed E-state index contributed by atoms with van der Waals surface area (Å²) < 4.78 is 5.75. The maximum Gasteiger partial charge on any atom is 0.308 e. The monoisotopic (exact) mass is 328 g/mol. The molecule has 1 N–H and O–H groups in total. The first-order valence-corrected chi connectivity index (χ1v) is 7.30. The number of ether oxygens (including phenoxy) is 1. The molecule has 0 aliphatic heterocycles. The van der Waals surface area contributed by atoms with Crippen molar-refractivity contribution >= 4 is 21.9 Å². The summed E-state index contributed by atoms with van der Waals surface area (Å²) in [6, 6.07) is 8.21. The zero-order chi connectivity index (χ0) is 14.3. The van der Waals surface area contributed by atoms with Crippen molar-refractivity contribution in [3.05, 3.63) is 34.3 Å². The van der Waals surface area contributed by atoms with Crippen molar-refractivity contribution in [1.82, 2.24) is 0 Å². The number of aryl methyl sites for hydroxylation is 1. The van der Waals surface area contributed by atoms with E-state index in [0.717, 1.165) is 30.2 Å². The molecule has 0 aromatic heterocycles. The molecule has 1 aliphatic rings. The van der Waals surface area contributed by atoms with E-state index in [0.29, 0.717) is 0 Å². The molecule has 1 fully saturated rings. The molecule has 0 bridgehead atoms. The summed E-state index contributed by atoms with van der Waals surface area (Å²) in [5.41, 5.74) is 1.29. The number of methoxy groups -OCH3 is 1. The SMILES string of the molecule is COC(=O)C1CCC(O)CC1.Cc1cccc(Br)c1. The maximum atomic E-state index is 11.0. The van der Waals surface area contributed by atoms with Crippen LogP contribution >= 0.6 is 15.9 Å². The average Bonchev–Trinajstić information content (AvgIpc) is 2.39. The molecule has 106 valence electrons. The van der Waals surface area contributed by atoms with Crippen molar-refractivity contribution in [3.63, 3.8) is 0 Å². The molecule has 19 heavy (non-hydrogen) atoms. The fourth-order valence-corrected chi connectivity index (χ4v) is 2.60. The minimum Gasteiger partial charge on any atom is -0.469 e. The largest absolute Gasteiger partial charge is 0.469 e. The van der Waals surface area contributed by atoms with E-state index in [9.17, 15) is 4.79 Å². The Balaban J connectivity index is 0.000000200. The van der Waals surface area contributed by atoms with Gasteiger partial charge in [-0.15, -0.1) is 0 Å². The molecule has 1 aromatic rings. The third-order valence-corrected chi connectivity index (χ3v) is 3.70. The van der Waals surface area contributed by atoms with Crippen molar-refractivity contribution in [1.29, 1.82) is 0 Å². The van der Waals surface area contributed by atoms with E-state index in [2.05, 4.69) is 39.7 Å². The quantitative estimate of drug-likeness (QED) is 0.803. The second-order valence-corrected chi connectivity index (χ2v) is 5.74. The highest BCUT2D eigenvalue weighted by molar-refractivity contribution is 9.10. The van der Waals surface area contributed by atoms with E-state index in [-0.39, 0.29) is 18.0 Å². The van der Waals surface area contributed by atoms with E-state index in [4.69, 9.17) is 5.11 Å². The third kappa shape index (κ3) is 6.21. The third-order valence-electron chi connectivity index (χ3n) is 3.21. The van der Waals surface area contributed by atoms with Gasteiger partial charge in [-0.2, -0.15) is 0 Å². The summed E-state index contributed by atoms with van der Waals surface area (Å²) in [7, 11) is 1.41. The summed E-state index contributed by atoms with van der Waals surface area (Å²) in [5.74, 6) is -0.0969. The summed E-state index contributed by atoms with van der Waals surface area (Å²) in [6.07, 6.45) is 2.82.